The Morgan fingerprint density at radius 3 is 2.25 bits per heavy atom. The Morgan fingerprint density at radius 1 is 2.00 bits per heavy atom. The van der Waals surface area contributed by atoms with Crippen LogP contribution in [0.2, 0.25) is 0 Å². The zero-order valence-electron chi connectivity index (χ0n) is 1.84. The SMILES string of the molecule is S=COS. The normalized spacial score (nSPS) is 5.25. The van der Waals surface area contributed by atoms with Crippen molar-refractivity contribution in [1.82, 2.24) is 0 Å². The van der Waals surface area contributed by atoms with Gasteiger partial charge in [0.2, 0.25) is 0 Å². The van der Waals surface area contributed by atoms with E-state index < -0.39 is 0 Å². The maximum absolute atomic E-state index is 4.13. The molecule has 0 rings (SSSR count). The Labute approximate surface area is 35.6 Å². The van der Waals surface area contributed by atoms with E-state index >= 15 is 0 Å². The lowest BCUT2D eigenvalue weighted by Crippen LogP contribution is -1.52. The second-order valence-electron chi connectivity index (χ2n) is 0.202. The molecule has 0 saturated heterocycles. The summed E-state index contributed by atoms with van der Waals surface area (Å²) >= 11 is 7.39. The van der Waals surface area contributed by atoms with Crippen LogP contribution in [0.1, 0.15) is 0 Å². The first-order chi connectivity index (χ1) is 1.91. The number of thiocarbonyl (C=S) groups is 1. The Bertz CT molecular complexity index is 20.0. The van der Waals surface area contributed by atoms with Crippen molar-refractivity contribution in [2.45, 2.75) is 0 Å². The molecule has 0 bridgehead atoms. The standard InChI is InChI=1S/CH2OS2/c3-1-2-4/h1,4H. The highest BCUT2D eigenvalue weighted by Gasteiger charge is 1.41. The summed E-state index contributed by atoms with van der Waals surface area (Å²) in [6, 6.07) is 0. The first kappa shape index (κ1) is 4.24. The minimum atomic E-state index is 1.07. The predicted molar refractivity (Wildman–Crippen MR) is 23.7 cm³/mol. The first-order valence-corrected chi connectivity index (χ1v) is 1.49. The van der Waals surface area contributed by atoms with Gasteiger partial charge in [0.1, 0.15) is 0 Å². The maximum atomic E-state index is 4.13. The van der Waals surface area contributed by atoms with Gasteiger partial charge < -0.3 is 4.18 Å². The monoisotopic (exact) mass is 94.0 g/mol. The third-order valence-corrected chi connectivity index (χ3v) is 0.387. The van der Waals surface area contributed by atoms with E-state index in [1.54, 1.807) is 0 Å². The Hall–Kier alpha value is 0.240. The fraction of sp³-hybridized carbons (Fsp3) is 0. The Morgan fingerprint density at radius 2 is 2.25 bits per heavy atom. The van der Waals surface area contributed by atoms with E-state index in [0.29, 0.717) is 0 Å². The topological polar surface area (TPSA) is 9.23 Å². The zero-order chi connectivity index (χ0) is 3.41. The van der Waals surface area contributed by atoms with E-state index in [4.69, 9.17) is 0 Å². The van der Waals surface area contributed by atoms with Gasteiger partial charge in [-0.05, 0) is 12.2 Å². The molecule has 3 heteroatoms. The highest BCUT2D eigenvalue weighted by Crippen LogP contribution is 1.64. The molecule has 0 N–H and O–H groups in total. The van der Waals surface area contributed by atoms with Crippen molar-refractivity contribution in [3.05, 3.63) is 0 Å². The lowest BCUT2D eigenvalue weighted by molar-refractivity contribution is 0.704. The van der Waals surface area contributed by atoms with Crippen LogP contribution in [0, 0.1) is 0 Å². The van der Waals surface area contributed by atoms with Crippen LogP contribution in [-0.2, 0) is 4.18 Å². The van der Waals surface area contributed by atoms with Crippen LogP contribution in [0.25, 0.3) is 0 Å². The van der Waals surface area contributed by atoms with Gasteiger partial charge in [-0.15, -0.1) is 0 Å². The van der Waals surface area contributed by atoms with Crippen molar-refractivity contribution in [3.63, 3.8) is 0 Å². The van der Waals surface area contributed by atoms with Gasteiger partial charge in [0.15, 0.2) is 5.55 Å². The molecule has 24 valence electrons. The third kappa shape index (κ3) is 2.24. The van der Waals surface area contributed by atoms with Crippen molar-refractivity contribution < 1.29 is 4.18 Å². The average Bonchev–Trinajstić information content (AvgIpc) is 1.37. The Balaban J connectivity index is 2.30. The van der Waals surface area contributed by atoms with E-state index in [1.165, 1.54) is 0 Å². The first-order valence-electron chi connectivity index (χ1n) is 0.654. The Kier molecular flexibility index (Phi) is 3.43. The summed E-state index contributed by atoms with van der Waals surface area (Å²) < 4.78 is 3.93. The van der Waals surface area contributed by atoms with Gasteiger partial charge >= 0.3 is 0 Å². The van der Waals surface area contributed by atoms with E-state index in [-0.39, 0.29) is 0 Å². The molecule has 0 radical (unpaired) electrons. The maximum Gasteiger partial charge on any atom is 0.164 e. The summed E-state index contributed by atoms with van der Waals surface area (Å²) in [7, 11) is 0. The molecular weight excluding hydrogens is 92.1 g/mol. The second-order valence-corrected chi connectivity index (χ2v) is 0.605. The summed E-state index contributed by atoms with van der Waals surface area (Å²) in [5.41, 5.74) is 1.07. The van der Waals surface area contributed by atoms with Gasteiger partial charge in [-0.25, -0.2) is 0 Å². The summed E-state index contributed by atoms with van der Waals surface area (Å²) in [4.78, 5) is 0. The molecule has 0 aliphatic rings. The number of hydrogen-bond acceptors (Lipinski definition) is 3. The zero-order valence-corrected chi connectivity index (χ0v) is 3.55. The number of hydrogen-bond donors (Lipinski definition) is 1. The largest absolute Gasteiger partial charge is 0.425 e. The van der Waals surface area contributed by atoms with Crippen molar-refractivity contribution in [2.75, 3.05) is 0 Å². The molecule has 0 aliphatic heterocycles. The summed E-state index contributed by atoms with van der Waals surface area (Å²) in [6.45, 7) is 0. The van der Waals surface area contributed by atoms with Crippen molar-refractivity contribution in [2.24, 2.45) is 0 Å². The number of thiol groups is 1. The van der Waals surface area contributed by atoms with E-state index in [0.717, 1.165) is 5.55 Å². The van der Waals surface area contributed by atoms with Crippen LogP contribution < -0.4 is 0 Å². The van der Waals surface area contributed by atoms with Crippen LogP contribution in [0.15, 0.2) is 0 Å². The molecule has 0 heterocycles. The van der Waals surface area contributed by atoms with Gasteiger partial charge in [0, 0.05) is 12.9 Å². The van der Waals surface area contributed by atoms with Crippen LogP contribution in [-0.4, -0.2) is 5.55 Å². The fourth-order valence-corrected chi connectivity index (χ4v) is 0. The molecule has 0 spiro atoms. The van der Waals surface area contributed by atoms with E-state index in [2.05, 4.69) is 29.3 Å². The molecular formula is CH2OS2. The van der Waals surface area contributed by atoms with Crippen molar-refractivity contribution in [1.29, 1.82) is 0 Å². The molecule has 0 fully saturated rings. The number of rotatable bonds is 1. The minimum Gasteiger partial charge on any atom is -0.425 e. The van der Waals surface area contributed by atoms with Crippen LogP contribution in [0.4, 0.5) is 0 Å². The van der Waals surface area contributed by atoms with Gasteiger partial charge in [-0.3, -0.25) is 0 Å². The van der Waals surface area contributed by atoms with Crippen LogP contribution in [0.3, 0.4) is 0 Å². The van der Waals surface area contributed by atoms with Crippen molar-refractivity contribution >= 4 is 30.7 Å². The van der Waals surface area contributed by atoms with Crippen LogP contribution >= 0.6 is 25.1 Å². The molecule has 4 heavy (non-hydrogen) atoms. The predicted octanol–water partition coefficient (Wildman–Crippen LogP) is 0.805. The molecule has 0 unspecified atom stereocenters. The molecule has 0 atom stereocenters. The molecule has 1 nitrogen and oxygen atoms in total. The molecule has 0 saturated carbocycles. The summed E-state index contributed by atoms with van der Waals surface area (Å²) in [5, 5.41) is 0. The molecule has 0 aromatic heterocycles. The van der Waals surface area contributed by atoms with Crippen molar-refractivity contribution in [3.8, 4) is 0 Å². The van der Waals surface area contributed by atoms with Gasteiger partial charge in [0.25, 0.3) is 0 Å². The lowest BCUT2D eigenvalue weighted by atomic mass is 11.7. The smallest absolute Gasteiger partial charge is 0.164 e. The van der Waals surface area contributed by atoms with Gasteiger partial charge in [-0.2, -0.15) is 0 Å². The fourth-order valence-electron chi connectivity index (χ4n) is 0. The molecule has 0 amide bonds. The molecule has 0 aromatic rings. The quantitative estimate of drug-likeness (QED) is 0.292. The molecule has 0 aromatic carbocycles. The summed E-state index contributed by atoms with van der Waals surface area (Å²) in [5.74, 6) is 0. The van der Waals surface area contributed by atoms with Gasteiger partial charge in [0.05, 0.1) is 0 Å². The molecule has 0 aliphatic carbocycles. The van der Waals surface area contributed by atoms with E-state index in [9.17, 15) is 0 Å². The average molecular weight is 94.2 g/mol. The highest BCUT2D eigenvalue weighted by molar-refractivity contribution is 7.81. The third-order valence-electron chi connectivity index (χ3n) is 0.0430. The van der Waals surface area contributed by atoms with E-state index in [1.807, 2.05) is 0 Å². The lowest BCUT2D eigenvalue weighted by Gasteiger charge is -1.67. The second kappa shape index (κ2) is 3.24. The van der Waals surface area contributed by atoms with Gasteiger partial charge in [-0.1, -0.05) is 0 Å². The summed E-state index contributed by atoms with van der Waals surface area (Å²) in [6.07, 6.45) is 0. The van der Waals surface area contributed by atoms with Crippen LogP contribution in [0.5, 0.6) is 0 Å². The highest BCUT2D eigenvalue weighted by atomic mass is 32.1. The minimum absolute atomic E-state index is 1.07.